The lowest BCUT2D eigenvalue weighted by Crippen LogP contribution is -2.37. The molecule has 1 heterocycles. The summed E-state index contributed by atoms with van der Waals surface area (Å²) in [4.78, 5) is 15.1. The Morgan fingerprint density at radius 1 is 1.59 bits per heavy atom. The lowest BCUT2D eigenvalue weighted by Gasteiger charge is -2.24. The summed E-state index contributed by atoms with van der Waals surface area (Å²) in [6.45, 7) is 5.84. The molecule has 1 N–H and O–H groups in total. The molecule has 1 aromatic rings. The van der Waals surface area contributed by atoms with Gasteiger partial charge in [0.2, 0.25) is 5.91 Å². The Kier molecular flexibility index (Phi) is 6.22. The molecule has 0 spiro atoms. The Labute approximate surface area is 108 Å². The van der Waals surface area contributed by atoms with E-state index >= 15 is 0 Å². The number of amides is 1. The number of nitrogens with one attached hydrogen (secondary N) is 1. The van der Waals surface area contributed by atoms with Crippen LogP contribution in [0.3, 0.4) is 0 Å². The van der Waals surface area contributed by atoms with Crippen molar-refractivity contribution in [3.05, 3.63) is 22.4 Å². The molecule has 0 fully saturated rings. The van der Waals surface area contributed by atoms with Crippen molar-refractivity contribution in [1.82, 2.24) is 10.2 Å². The van der Waals surface area contributed by atoms with Crippen molar-refractivity contribution in [2.24, 2.45) is 0 Å². The third kappa shape index (κ3) is 4.88. The first-order valence-electron chi connectivity index (χ1n) is 6.14. The molecular weight excluding hydrogens is 232 g/mol. The molecule has 1 atom stereocenters. The third-order valence-electron chi connectivity index (χ3n) is 2.90. The van der Waals surface area contributed by atoms with Crippen molar-refractivity contribution in [3.63, 3.8) is 0 Å². The minimum absolute atomic E-state index is 0.218. The summed E-state index contributed by atoms with van der Waals surface area (Å²) in [6.07, 6.45) is 1.53. The topological polar surface area (TPSA) is 32.3 Å². The Morgan fingerprint density at radius 3 is 2.94 bits per heavy atom. The van der Waals surface area contributed by atoms with E-state index in [2.05, 4.69) is 29.8 Å². The number of thiophene rings is 1. The van der Waals surface area contributed by atoms with Crippen LogP contribution in [0.15, 0.2) is 17.5 Å². The molecule has 0 aromatic carbocycles. The highest BCUT2D eigenvalue weighted by Gasteiger charge is 2.15. The van der Waals surface area contributed by atoms with Gasteiger partial charge in [0.1, 0.15) is 0 Å². The molecule has 0 saturated heterocycles. The van der Waals surface area contributed by atoms with Crippen LogP contribution in [-0.2, 0) is 11.2 Å². The van der Waals surface area contributed by atoms with Gasteiger partial charge in [-0.05, 0) is 24.9 Å². The van der Waals surface area contributed by atoms with E-state index < -0.39 is 0 Å². The maximum atomic E-state index is 11.9. The molecule has 0 aliphatic rings. The van der Waals surface area contributed by atoms with Crippen LogP contribution in [0.25, 0.3) is 0 Å². The maximum Gasteiger partial charge on any atom is 0.223 e. The summed E-state index contributed by atoms with van der Waals surface area (Å²) in [6, 6.07) is 4.44. The van der Waals surface area contributed by atoms with E-state index in [4.69, 9.17) is 0 Å². The Morgan fingerprint density at radius 2 is 2.35 bits per heavy atom. The number of carbonyl (C=O) groups excluding carboxylic acids is 1. The molecule has 1 rings (SSSR count). The zero-order valence-electron chi connectivity index (χ0n) is 10.9. The number of rotatable bonds is 7. The van der Waals surface area contributed by atoms with Gasteiger partial charge < -0.3 is 10.2 Å². The summed E-state index contributed by atoms with van der Waals surface area (Å²) in [7, 11) is 1.90. The summed E-state index contributed by atoms with van der Waals surface area (Å²) >= 11 is 1.75. The van der Waals surface area contributed by atoms with E-state index in [9.17, 15) is 4.79 Å². The minimum atomic E-state index is 0.218. The lowest BCUT2D eigenvalue weighted by atomic mass is 10.2. The molecule has 1 aromatic heterocycles. The zero-order chi connectivity index (χ0) is 12.7. The fourth-order valence-electron chi connectivity index (χ4n) is 1.65. The molecular formula is C13H22N2OS. The Balaban J connectivity index is 2.35. The van der Waals surface area contributed by atoms with Crippen molar-refractivity contribution in [1.29, 1.82) is 0 Å². The molecule has 17 heavy (non-hydrogen) atoms. The van der Waals surface area contributed by atoms with Crippen molar-refractivity contribution in [2.45, 2.75) is 32.7 Å². The molecule has 0 bridgehead atoms. The van der Waals surface area contributed by atoms with E-state index in [1.807, 2.05) is 18.9 Å². The van der Waals surface area contributed by atoms with E-state index in [0.29, 0.717) is 6.42 Å². The van der Waals surface area contributed by atoms with Gasteiger partial charge in [0, 0.05) is 37.4 Å². The predicted octanol–water partition coefficient (Wildman–Crippen LogP) is 2.14. The van der Waals surface area contributed by atoms with Gasteiger partial charge in [-0.3, -0.25) is 4.79 Å². The monoisotopic (exact) mass is 254 g/mol. The van der Waals surface area contributed by atoms with Crippen LogP contribution in [0.4, 0.5) is 0 Å². The molecule has 1 amide bonds. The van der Waals surface area contributed by atoms with E-state index in [1.165, 1.54) is 4.88 Å². The van der Waals surface area contributed by atoms with Crippen molar-refractivity contribution >= 4 is 17.2 Å². The van der Waals surface area contributed by atoms with Crippen LogP contribution >= 0.6 is 11.3 Å². The molecule has 0 saturated carbocycles. The zero-order valence-corrected chi connectivity index (χ0v) is 11.7. The number of hydrogen-bond acceptors (Lipinski definition) is 3. The van der Waals surface area contributed by atoms with Gasteiger partial charge in [-0.15, -0.1) is 11.3 Å². The average Bonchev–Trinajstić information content (AvgIpc) is 2.81. The second kappa shape index (κ2) is 7.45. The molecule has 0 aliphatic carbocycles. The fourth-order valence-corrected chi connectivity index (χ4v) is 2.48. The van der Waals surface area contributed by atoms with Gasteiger partial charge >= 0.3 is 0 Å². The largest absolute Gasteiger partial charge is 0.343 e. The van der Waals surface area contributed by atoms with Gasteiger partial charge in [0.25, 0.3) is 0 Å². The second-order valence-electron chi connectivity index (χ2n) is 4.24. The van der Waals surface area contributed by atoms with Crippen LogP contribution < -0.4 is 5.32 Å². The van der Waals surface area contributed by atoms with Crippen LogP contribution in [0, 0.1) is 0 Å². The summed E-state index contributed by atoms with van der Waals surface area (Å²) in [5.41, 5.74) is 0. The highest BCUT2D eigenvalue weighted by Crippen LogP contribution is 2.13. The van der Waals surface area contributed by atoms with Gasteiger partial charge in [-0.25, -0.2) is 0 Å². The van der Waals surface area contributed by atoms with Crippen molar-refractivity contribution < 1.29 is 4.79 Å². The molecule has 0 radical (unpaired) electrons. The summed E-state index contributed by atoms with van der Waals surface area (Å²) in [5, 5.41) is 5.25. The second-order valence-corrected chi connectivity index (χ2v) is 5.27. The van der Waals surface area contributed by atoms with Crippen molar-refractivity contribution in [2.75, 3.05) is 20.1 Å². The first-order chi connectivity index (χ1) is 8.15. The first kappa shape index (κ1) is 14.2. The molecule has 96 valence electrons. The smallest absolute Gasteiger partial charge is 0.223 e. The highest BCUT2D eigenvalue weighted by atomic mass is 32.1. The maximum absolute atomic E-state index is 11.9. The SMILES string of the molecule is CCNCCC(=O)N(C)C(C)Cc1cccs1. The fraction of sp³-hybridized carbons (Fsp3) is 0.615. The van der Waals surface area contributed by atoms with Crippen LogP contribution in [0.1, 0.15) is 25.1 Å². The van der Waals surface area contributed by atoms with Gasteiger partial charge in [0.05, 0.1) is 0 Å². The number of likely N-dealkylation sites (N-methyl/N-ethyl adjacent to an activating group) is 1. The average molecular weight is 254 g/mol. The molecule has 0 aliphatic heterocycles. The molecule has 4 heteroatoms. The molecule has 3 nitrogen and oxygen atoms in total. The number of hydrogen-bond donors (Lipinski definition) is 1. The van der Waals surface area contributed by atoms with E-state index in [0.717, 1.165) is 19.5 Å². The first-order valence-corrected chi connectivity index (χ1v) is 7.01. The van der Waals surface area contributed by atoms with Gasteiger partial charge in [-0.2, -0.15) is 0 Å². The highest BCUT2D eigenvalue weighted by molar-refractivity contribution is 7.09. The summed E-state index contributed by atoms with van der Waals surface area (Å²) in [5.74, 6) is 0.218. The summed E-state index contributed by atoms with van der Waals surface area (Å²) < 4.78 is 0. The van der Waals surface area contributed by atoms with Gasteiger partial charge in [0.15, 0.2) is 0 Å². The predicted molar refractivity (Wildman–Crippen MR) is 73.4 cm³/mol. The minimum Gasteiger partial charge on any atom is -0.343 e. The van der Waals surface area contributed by atoms with E-state index in [-0.39, 0.29) is 11.9 Å². The normalized spacial score (nSPS) is 12.4. The Hall–Kier alpha value is -0.870. The number of nitrogens with zero attached hydrogens (tertiary/aromatic N) is 1. The van der Waals surface area contributed by atoms with Crippen LogP contribution in [0.2, 0.25) is 0 Å². The van der Waals surface area contributed by atoms with Crippen molar-refractivity contribution in [3.8, 4) is 0 Å². The molecule has 1 unspecified atom stereocenters. The lowest BCUT2D eigenvalue weighted by molar-refractivity contribution is -0.131. The van der Waals surface area contributed by atoms with Crippen LogP contribution in [-0.4, -0.2) is 37.0 Å². The van der Waals surface area contributed by atoms with E-state index in [1.54, 1.807) is 11.3 Å². The Bertz CT molecular complexity index is 324. The standard InChI is InChI=1S/C13H22N2OS/c1-4-14-8-7-13(16)15(3)11(2)10-12-6-5-9-17-12/h5-6,9,11,14H,4,7-8,10H2,1-3H3. The van der Waals surface area contributed by atoms with Crippen LogP contribution in [0.5, 0.6) is 0 Å². The van der Waals surface area contributed by atoms with Gasteiger partial charge in [-0.1, -0.05) is 13.0 Å². The quantitative estimate of drug-likeness (QED) is 0.756. The third-order valence-corrected chi connectivity index (χ3v) is 3.80. The number of carbonyl (C=O) groups is 1.